The van der Waals surface area contributed by atoms with Crippen molar-refractivity contribution < 1.29 is 32.3 Å². The molecule has 2 saturated heterocycles. The Morgan fingerprint density at radius 3 is 2.24 bits per heavy atom. The van der Waals surface area contributed by atoms with Gasteiger partial charge in [-0.15, -0.1) is 0 Å². The topological polar surface area (TPSA) is 91.0 Å². The smallest absolute Gasteiger partial charge is 0.372 e. The van der Waals surface area contributed by atoms with Crippen LogP contribution < -0.4 is 10.6 Å². The van der Waals surface area contributed by atoms with Gasteiger partial charge < -0.3 is 15.4 Å². The second-order valence-electron chi connectivity index (χ2n) is 10.5. The first kappa shape index (κ1) is 30.0. The SMILES string of the molecule is CC(C)C(=O)CCCC(=O)NCC1CCC(CN2CCN(Cc3ccc(NC(=O)C(F)(F)F)cc3)CC2)O1. The summed E-state index contributed by atoms with van der Waals surface area (Å²) < 4.78 is 43.3. The first-order valence-corrected chi connectivity index (χ1v) is 13.4. The number of benzene rings is 1. The number of amides is 2. The van der Waals surface area contributed by atoms with Gasteiger partial charge in [0.15, 0.2) is 0 Å². The van der Waals surface area contributed by atoms with Crippen LogP contribution in [-0.4, -0.2) is 85.1 Å². The number of Topliss-reactive ketones (excluding diaryl/α,β-unsaturated/α-hetero) is 1. The number of hydrogen-bond donors (Lipinski definition) is 2. The Bertz CT molecular complexity index is 931. The van der Waals surface area contributed by atoms with Gasteiger partial charge in [-0.2, -0.15) is 13.2 Å². The molecule has 2 heterocycles. The van der Waals surface area contributed by atoms with Crippen molar-refractivity contribution in [2.24, 2.45) is 5.92 Å². The van der Waals surface area contributed by atoms with E-state index in [0.29, 0.717) is 32.4 Å². The van der Waals surface area contributed by atoms with Crippen LogP contribution in [0.25, 0.3) is 0 Å². The van der Waals surface area contributed by atoms with Crippen molar-refractivity contribution in [3.8, 4) is 0 Å². The first-order valence-electron chi connectivity index (χ1n) is 13.4. The van der Waals surface area contributed by atoms with E-state index in [2.05, 4.69) is 15.1 Å². The van der Waals surface area contributed by atoms with Gasteiger partial charge in [0.05, 0.1) is 12.2 Å². The van der Waals surface area contributed by atoms with Gasteiger partial charge in [-0.25, -0.2) is 0 Å². The lowest BCUT2D eigenvalue weighted by Gasteiger charge is -2.35. The van der Waals surface area contributed by atoms with Crippen LogP contribution in [0.1, 0.15) is 51.5 Å². The molecule has 212 valence electrons. The highest BCUT2D eigenvalue weighted by Crippen LogP contribution is 2.22. The van der Waals surface area contributed by atoms with E-state index < -0.39 is 12.1 Å². The number of rotatable bonds is 12. The maximum atomic E-state index is 12.4. The summed E-state index contributed by atoms with van der Waals surface area (Å²) in [4.78, 5) is 39.4. The summed E-state index contributed by atoms with van der Waals surface area (Å²) in [6, 6.07) is 6.43. The van der Waals surface area contributed by atoms with Crippen LogP contribution in [0.2, 0.25) is 0 Å². The number of nitrogens with zero attached hydrogens (tertiary/aromatic N) is 2. The highest BCUT2D eigenvalue weighted by Gasteiger charge is 2.38. The lowest BCUT2D eigenvalue weighted by molar-refractivity contribution is -0.167. The van der Waals surface area contributed by atoms with Gasteiger partial charge in [0.2, 0.25) is 5.91 Å². The fourth-order valence-electron chi connectivity index (χ4n) is 4.66. The molecule has 0 radical (unpaired) electrons. The zero-order valence-corrected chi connectivity index (χ0v) is 22.2. The summed E-state index contributed by atoms with van der Waals surface area (Å²) in [5.74, 6) is -1.81. The molecule has 2 amide bonds. The molecule has 0 spiro atoms. The average Bonchev–Trinajstić information content (AvgIpc) is 3.31. The maximum Gasteiger partial charge on any atom is 0.471 e. The number of piperazine rings is 1. The number of halogens is 3. The third-order valence-electron chi connectivity index (χ3n) is 7.00. The molecule has 11 heteroatoms. The third-order valence-corrected chi connectivity index (χ3v) is 7.00. The number of alkyl halides is 3. The minimum Gasteiger partial charge on any atom is -0.372 e. The van der Waals surface area contributed by atoms with E-state index in [9.17, 15) is 27.6 Å². The van der Waals surface area contributed by atoms with Gasteiger partial charge in [-0.3, -0.25) is 24.2 Å². The number of ether oxygens (including phenoxy) is 1. The monoisotopic (exact) mass is 540 g/mol. The molecule has 38 heavy (non-hydrogen) atoms. The third kappa shape index (κ3) is 9.99. The molecular formula is C27H39F3N4O4. The van der Waals surface area contributed by atoms with Crippen molar-refractivity contribution in [2.75, 3.05) is 44.6 Å². The molecule has 2 unspecified atom stereocenters. The van der Waals surface area contributed by atoms with Crippen LogP contribution in [0.3, 0.4) is 0 Å². The predicted octanol–water partition coefficient (Wildman–Crippen LogP) is 3.36. The molecule has 8 nitrogen and oxygen atoms in total. The largest absolute Gasteiger partial charge is 0.471 e. The Kier molecular flexibility index (Phi) is 11.1. The van der Waals surface area contributed by atoms with Crippen molar-refractivity contribution >= 4 is 23.3 Å². The quantitative estimate of drug-likeness (QED) is 0.423. The van der Waals surface area contributed by atoms with Gasteiger partial charge in [0.1, 0.15) is 5.78 Å². The Morgan fingerprint density at radius 2 is 1.61 bits per heavy atom. The zero-order chi connectivity index (χ0) is 27.7. The van der Waals surface area contributed by atoms with Crippen molar-refractivity contribution in [2.45, 2.75) is 70.9 Å². The molecule has 3 rings (SSSR count). The van der Waals surface area contributed by atoms with Crippen molar-refractivity contribution in [1.82, 2.24) is 15.1 Å². The Morgan fingerprint density at radius 1 is 0.974 bits per heavy atom. The lowest BCUT2D eigenvalue weighted by atomic mass is 10.0. The number of hydrogen-bond acceptors (Lipinski definition) is 6. The summed E-state index contributed by atoms with van der Waals surface area (Å²) in [5, 5.41) is 4.79. The lowest BCUT2D eigenvalue weighted by Crippen LogP contribution is -2.48. The highest BCUT2D eigenvalue weighted by atomic mass is 19.4. The van der Waals surface area contributed by atoms with Gasteiger partial charge in [-0.1, -0.05) is 26.0 Å². The van der Waals surface area contributed by atoms with Crippen molar-refractivity contribution in [3.05, 3.63) is 29.8 Å². The van der Waals surface area contributed by atoms with Crippen LogP contribution in [0.4, 0.5) is 18.9 Å². The predicted molar refractivity (Wildman–Crippen MR) is 137 cm³/mol. The molecule has 0 aromatic heterocycles. The molecule has 1 aromatic carbocycles. The summed E-state index contributed by atoms with van der Waals surface area (Å²) in [7, 11) is 0. The molecule has 1 aromatic rings. The Labute approximate surface area is 222 Å². The van der Waals surface area contributed by atoms with Crippen molar-refractivity contribution in [3.63, 3.8) is 0 Å². The van der Waals surface area contributed by atoms with E-state index in [-0.39, 0.29) is 35.5 Å². The second-order valence-corrected chi connectivity index (χ2v) is 10.5. The summed E-state index contributed by atoms with van der Waals surface area (Å²) in [6.45, 7) is 9.32. The second kappa shape index (κ2) is 14.0. The minimum absolute atomic E-state index is 0.0104. The zero-order valence-electron chi connectivity index (χ0n) is 22.2. The Balaban J connectivity index is 1.29. The molecule has 2 aliphatic rings. The molecule has 2 atom stereocenters. The molecule has 0 saturated carbocycles. The number of nitrogens with one attached hydrogen (secondary N) is 2. The summed E-state index contributed by atoms with van der Waals surface area (Å²) in [5.41, 5.74) is 1.09. The van der Waals surface area contributed by atoms with Gasteiger partial charge in [0.25, 0.3) is 0 Å². The van der Waals surface area contributed by atoms with Crippen LogP contribution >= 0.6 is 0 Å². The number of carbonyl (C=O) groups is 3. The number of anilines is 1. The standard InChI is InChI=1S/C27H39F3N4O4/c1-19(2)24(35)4-3-5-25(36)31-16-22-10-11-23(38-22)18-34-14-12-33(13-15-34)17-20-6-8-21(9-7-20)32-26(37)27(28,29)30/h6-9,19,22-23H,3-5,10-18H2,1-2H3,(H,31,36)(H,32,37). The van der Waals surface area contributed by atoms with Crippen LogP contribution in [0, 0.1) is 5.92 Å². The van der Waals surface area contributed by atoms with E-state index in [1.54, 1.807) is 12.1 Å². The highest BCUT2D eigenvalue weighted by molar-refractivity contribution is 5.94. The Hall–Kier alpha value is -2.50. The first-order chi connectivity index (χ1) is 18.0. The maximum absolute atomic E-state index is 12.4. The van der Waals surface area contributed by atoms with E-state index in [0.717, 1.165) is 51.1 Å². The molecule has 2 fully saturated rings. The van der Waals surface area contributed by atoms with Crippen molar-refractivity contribution in [1.29, 1.82) is 0 Å². The molecular weight excluding hydrogens is 501 g/mol. The van der Waals surface area contributed by atoms with E-state index >= 15 is 0 Å². The molecule has 2 aliphatic heterocycles. The number of carbonyl (C=O) groups excluding carboxylic acids is 3. The van der Waals surface area contributed by atoms with Gasteiger partial charge >= 0.3 is 12.1 Å². The summed E-state index contributed by atoms with van der Waals surface area (Å²) >= 11 is 0. The van der Waals surface area contributed by atoms with Crippen LogP contribution in [0.15, 0.2) is 24.3 Å². The van der Waals surface area contributed by atoms with Gasteiger partial charge in [-0.05, 0) is 37.0 Å². The van der Waals surface area contributed by atoms with E-state index in [4.69, 9.17) is 4.74 Å². The fraction of sp³-hybridized carbons (Fsp3) is 0.667. The van der Waals surface area contributed by atoms with Crippen LogP contribution in [0.5, 0.6) is 0 Å². The minimum atomic E-state index is -4.91. The molecule has 0 aliphatic carbocycles. The van der Waals surface area contributed by atoms with Crippen LogP contribution in [-0.2, 0) is 25.7 Å². The summed E-state index contributed by atoms with van der Waals surface area (Å²) in [6.07, 6.45) is -1.49. The fourth-order valence-corrected chi connectivity index (χ4v) is 4.66. The number of ketones is 1. The van der Waals surface area contributed by atoms with E-state index in [1.165, 1.54) is 12.1 Å². The molecule has 0 bridgehead atoms. The average molecular weight is 541 g/mol. The normalized spacial score (nSPS) is 21.0. The van der Waals surface area contributed by atoms with E-state index in [1.807, 2.05) is 19.2 Å². The van der Waals surface area contributed by atoms with Gasteiger partial charge in [0, 0.05) is 70.3 Å². The molecule has 2 N–H and O–H groups in total.